The van der Waals surface area contributed by atoms with E-state index in [2.05, 4.69) is 15.6 Å². The quantitative estimate of drug-likeness (QED) is 0.619. The highest BCUT2D eigenvalue weighted by Gasteiger charge is 2.08. The zero-order valence-electron chi connectivity index (χ0n) is 15.6. The Bertz CT molecular complexity index is 929. The smallest absolute Gasteiger partial charge is 0.263 e. The molecule has 0 bridgehead atoms. The van der Waals surface area contributed by atoms with E-state index >= 15 is 0 Å². The number of hydrogen-bond donors (Lipinski definition) is 2. The molecule has 0 aliphatic heterocycles. The molecule has 2 aromatic carbocycles. The van der Waals surface area contributed by atoms with Crippen molar-refractivity contribution in [3.8, 4) is 17.2 Å². The molecule has 0 radical (unpaired) electrons. The summed E-state index contributed by atoms with van der Waals surface area (Å²) < 4.78 is 16.0. The number of amides is 1. The predicted molar refractivity (Wildman–Crippen MR) is 108 cm³/mol. The number of anilines is 3. The van der Waals surface area contributed by atoms with Crippen molar-refractivity contribution in [2.75, 3.05) is 31.5 Å². The minimum atomic E-state index is -0.316. The molecule has 3 rings (SSSR count). The zero-order chi connectivity index (χ0) is 19.8. The second-order valence-corrected chi connectivity index (χ2v) is 5.75. The number of benzene rings is 2. The van der Waals surface area contributed by atoms with Gasteiger partial charge < -0.3 is 24.8 Å². The van der Waals surface area contributed by atoms with Crippen LogP contribution in [-0.4, -0.2) is 31.7 Å². The fourth-order valence-electron chi connectivity index (χ4n) is 2.51. The molecule has 0 aliphatic carbocycles. The van der Waals surface area contributed by atoms with Crippen LogP contribution in [0.25, 0.3) is 0 Å². The number of hydrogen-bond acceptors (Lipinski definition) is 6. The van der Waals surface area contributed by atoms with E-state index in [4.69, 9.17) is 14.2 Å². The van der Waals surface area contributed by atoms with Crippen LogP contribution < -0.4 is 24.8 Å². The summed E-state index contributed by atoms with van der Waals surface area (Å²) in [5.41, 5.74) is 1.60. The van der Waals surface area contributed by atoms with Crippen LogP contribution in [0.1, 0.15) is 0 Å². The summed E-state index contributed by atoms with van der Waals surface area (Å²) in [5, 5.41) is 5.92. The Balaban J connectivity index is 1.56. The molecule has 0 saturated heterocycles. The second kappa shape index (κ2) is 9.27. The van der Waals surface area contributed by atoms with Crippen molar-refractivity contribution in [2.24, 2.45) is 0 Å². The molecule has 1 heterocycles. The summed E-state index contributed by atoms with van der Waals surface area (Å²) >= 11 is 0. The van der Waals surface area contributed by atoms with Gasteiger partial charge in [0.1, 0.15) is 11.6 Å². The molecule has 3 aromatic rings. The number of nitrogens with one attached hydrogen (secondary N) is 2. The third-order valence-corrected chi connectivity index (χ3v) is 3.84. The Morgan fingerprint density at radius 1 is 0.893 bits per heavy atom. The summed E-state index contributed by atoms with van der Waals surface area (Å²) in [7, 11) is 3.16. The molecule has 0 atom stereocenters. The van der Waals surface area contributed by atoms with Gasteiger partial charge in [0.25, 0.3) is 5.91 Å². The van der Waals surface area contributed by atoms with Gasteiger partial charge in [-0.05, 0) is 36.4 Å². The Morgan fingerprint density at radius 3 is 2.25 bits per heavy atom. The number of aromatic nitrogens is 1. The molecule has 0 aliphatic rings. The highest BCUT2D eigenvalue weighted by molar-refractivity contribution is 5.91. The van der Waals surface area contributed by atoms with Gasteiger partial charge in [0.05, 0.1) is 31.8 Å². The molecule has 0 fully saturated rings. The number of carbonyl (C=O) groups excluding carboxylic acids is 1. The Morgan fingerprint density at radius 2 is 1.57 bits per heavy atom. The monoisotopic (exact) mass is 379 g/mol. The van der Waals surface area contributed by atoms with Crippen LogP contribution in [0, 0.1) is 0 Å². The highest BCUT2D eigenvalue weighted by atomic mass is 16.5. The summed E-state index contributed by atoms with van der Waals surface area (Å²) in [6.45, 7) is -0.150. The first kappa shape index (κ1) is 19.0. The van der Waals surface area contributed by atoms with Crippen molar-refractivity contribution in [3.05, 3.63) is 66.9 Å². The molecule has 0 unspecified atom stereocenters. The molecule has 1 aromatic heterocycles. The van der Waals surface area contributed by atoms with Crippen molar-refractivity contribution >= 4 is 23.1 Å². The standard InChI is InChI=1S/C21H21N3O4/c1-26-17-8-4-3-7-16(17)23-15-11-12-20(22-13-15)24-21(25)14-28-19-10-6-5-9-18(19)27-2/h3-13,23H,14H2,1-2H3,(H,22,24,25). The average molecular weight is 379 g/mol. The van der Waals surface area contributed by atoms with Gasteiger partial charge in [0.15, 0.2) is 18.1 Å². The normalized spacial score (nSPS) is 10.1. The van der Waals surface area contributed by atoms with Gasteiger partial charge >= 0.3 is 0 Å². The lowest BCUT2D eigenvalue weighted by atomic mass is 10.3. The third kappa shape index (κ3) is 4.91. The molecule has 1 amide bonds. The molecule has 7 heteroatoms. The highest BCUT2D eigenvalue weighted by Crippen LogP contribution is 2.27. The molecule has 7 nitrogen and oxygen atoms in total. The lowest BCUT2D eigenvalue weighted by molar-refractivity contribution is -0.118. The predicted octanol–water partition coefficient (Wildman–Crippen LogP) is 3.86. The van der Waals surface area contributed by atoms with Crippen LogP contribution in [0.2, 0.25) is 0 Å². The number of ether oxygens (including phenoxy) is 3. The van der Waals surface area contributed by atoms with Crippen molar-refractivity contribution < 1.29 is 19.0 Å². The summed E-state index contributed by atoms with van der Waals surface area (Å²) in [6.07, 6.45) is 1.63. The number of nitrogens with zero attached hydrogens (tertiary/aromatic N) is 1. The number of para-hydroxylation sites is 4. The minimum absolute atomic E-state index is 0.150. The van der Waals surface area contributed by atoms with E-state index in [0.29, 0.717) is 17.3 Å². The second-order valence-electron chi connectivity index (χ2n) is 5.75. The number of carbonyl (C=O) groups is 1. The van der Waals surface area contributed by atoms with Crippen molar-refractivity contribution in [3.63, 3.8) is 0 Å². The van der Waals surface area contributed by atoms with Gasteiger partial charge in [-0.3, -0.25) is 4.79 Å². The Hall–Kier alpha value is -3.74. The third-order valence-electron chi connectivity index (χ3n) is 3.84. The van der Waals surface area contributed by atoms with Crippen molar-refractivity contribution in [1.82, 2.24) is 4.98 Å². The number of pyridine rings is 1. The topological polar surface area (TPSA) is 81.7 Å². The van der Waals surface area contributed by atoms with Gasteiger partial charge in [-0.1, -0.05) is 24.3 Å². The maximum absolute atomic E-state index is 12.1. The summed E-state index contributed by atoms with van der Waals surface area (Å²) in [4.78, 5) is 16.3. The van der Waals surface area contributed by atoms with E-state index < -0.39 is 0 Å². The lowest BCUT2D eigenvalue weighted by Gasteiger charge is -2.12. The maximum atomic E-state index is 12.1. The number of rotatable bonds is 8. The molecular formula is C21H21N3O4. The van der Waals surface area contributed by atoms with E-state index in [1.807, 2.05) is 42.5 Å². The van der Waals surface area contributed by atoms with Gasteiger partial charge in [-0.15, -0.1) is 0 Å². The summed E-state index contributed by atoms with van der Waals surface area (Å²) in [6, 6.07) is 18.2. The first-order chi connectivity index (χ1) is 13.7. The average Bonchev–Trinajstić information content (AvgIpc) is 2.74. The van der Waals surface area contributed by atoms with Crippen LogP contribution >= 0.6 is 0 Å². The van der Waals surface area contributed by atoms with Gasteiger partial charge in [0.2, 0.25) is 0 Å². The number of methoxy groups -OCH3 is 2. The molecule has 2 N–H and O–H groups in total. The lowest BCUT2D eigenvalue weighted by Crippen LogP contribution is -2.20. The van der Waals surface area contributed by atoms with Crippen LogP contribution in [0.15, 0.2) is 66.9 Å². The van der Waals surface area contributed by atoms with Crippen LogP contribution in [-0.2, 0) is 4.79 Å². The molecular weight excluding hydrogens is 358 g/mol. The molecule has 28 heavy (non-hydrogen) atoms. The first-order valence-corrected chi connectivity index (χ1v) is 8.61. The van der Waals surface area contributed by atoms with E-state index in [-0.39, 0.29) is 12.5 Å². The SMILES string of the molecule is COc1ccccc1Nc1ccc(NC(=O)COc2ccccc2OC)nc1. The van der Waals surface area contributed by atoms with E-state index in [0.717, 1.165) is 17.1 Å². The van der Waals surface area contributed by atoms with Gasteiger partial charge in [-0.25, -0.2) is 4.98 Å². The van der Waals surface area contributed by atoms with Crippen molar-refractivity contribution in [2.45, 2.75) is 0 Å². The van der Waals surface area contributed by atoms with E-state index in [1.54, 1.807) is 38.6 Å². The fraction of sp³-hybridized carbons (Fsp3) is 0.143. The van der Waals surface area contributed by atoms with E-state index in [1.165, 1.54) is 0 Å². The largest absolute Gasteiger partial charge is 0.495 e. The van der Waals surface area contributed by atoms with Gasteiger partial charge in [0, 0.05) is 0 Å². The maximum Gasteiger partial charge on any atom is 0.263 e. The van der Waals surface area contributed by atoms with Crippen LogP contribution in [0.5, 0.6) is 17.2 Å². The first-order valence-electron chi connectivity index (χ1n) is 8.61. The summed E-state index contributed by atoms with van der Waals surface area (Å²) in [5.74, 6) is 1.92. The van der Waals surface area contributed by atoms with Gasteiger partial charge in [-0.2, -0.15) is 0 Å². The van der Waals surface area contributed by atoms with Crippen LogP contribution in [0.4, 0.5) is 17.2 Å². The molecule has 0 spiro atoms. The fourth-order valence-corrected chi connectivity index (χ4v) is 2.51. The molecule has 144 valence electrons. The Kier molecular flexibility index (Phi) is 6.30. The molecule has 0 saturated carbocycles. The minimum Gasteiger partial charge on any atom is -0.495 e. The Labute approximate surface area is 163 Å². The zero-order valence-corrected chi connectivity index (χ0v) is 15.6. The van der Waals surface area contributed by atoms with Crippen LogP contribution in [0.3, 0.4) is 0 Å². The van der Waals surface area contributed by atoms with Crippen molar-refractivity contribution in [1.29, 1.82) is 0 Å². The van der Waals surface area contributed by atoms with E-state index in [9.17, 15) is 4.79 Å².